The van der Waals surface area contributed by atoms with E-state index < -0.39 is 0 Å². The third kappa shape index (κ3) is 5.27. The molecule has 4 heteroatoms. The Morgan fingerprint density at radius 2 is 2.14 bits per heavy atom. The molecule has 1 aliphatic rings. The maximum absolute atomic E-state index is 4.47. The normalized spacial score (nSPS) is 16.8. The van der Waals surface area contributed by atoms with Gasteiger partial charge in [-0.15, -0.1) is 0 Å². The second-order valence-corrected chi connectivity index (χ2v) is 6.07. The van der Waals surface area contributed by atoms with Crippen molar-refractivity contribution in [1.82, 2.24) is 20.1 Å². The van der Waals surface area contributed by atoms with Gasteiger partial charge in [0.15, 0.2) is 0 Å². The van der Waals surface area contributed by atoms with Crippen molar-refractivity contribution in [3.63, 3.8) is 0 Å². The molecular weight excluding hydrogens is 260 g/mol. The highest BCUT2D eigenvalue weighted by molar-refractivity contribution is 5.08. The van der Waals surface area contributed by atoms with E-state index in [1.54, 1.807) is 11.9 Å². The molecule has 1 aliphatic carbocycles. The fraction of sp³-hybridized carbons (Fsp3) is 0.765. The van der Waals surface area contributed by atoms with E-state index in [-0.39, 0.29) is 0 Å². The number of nitrogens with one attached hydrogen (secondary N) is 1. The second-order valence-electron chi connectivity index (χ2n) is 6.07. The first kappa shape index (κ1) is 16.2. The number of rotatable bonds is 9. The van der Waals surface area contributed by atoms with E-state index in [4.69, 9.17) is 0 Å². The van der Waals surface area contributed by atoms with Gasteiger partial charge < -0.3 is 5.32 Å². The monoisotopic (exact) mass is 290 g/mol. The van der Waals surface area contributed by atoms with Crippen LogP contribution in [0.4, 0.5) is 0 Å². The summed E-state index contributed by atoms with van der Waals surface area (Å²) < 4.78 is 2.07. The molecule has 0 spiro atoms. The molecule has 1 heterocycles. The Labute approximate surface area is 129 Å². The van der Waals surface area contributed by atoms with Crippen LogP contribution in [0.1, 0.15) is 64.6 Å². The van der Waals surface area contributed by atoms with Crippen LogP contribution in [0.25, 0.3) is 0 Å². The van der Waals surface area contributed by atoms with Crippen LogP contribution in [0.2, 0.25) is 0 Å². The van der Waals surface area contributed by atoms with E-state index in [1.165, 1.54) is 38.5 Å². The maximum Gasteiger partial charge on any atom is 0.138 e. The summed E-state index contributed by atoms with van der Waals surface area (Å²) in [5.74, 6) is 1.13. The molecule has 0 amide bonds. The molecule has 4 nitrogen and oxygen atoms in total. The summed E-state index contributed by atoms with van der Waals surface area (Å²) in [4.78, 5) is 4.47. The topological polar surface area (TPSA) is 42.7 Å². The van der Waals surface area contributed by atoms with Crippen molar-refractivity contribution < 1.29 is 0 Å². The second kappa shape index (κ2) is 8.98. The molecule has 0 aliphatic heterocycles. The summed E-state index contributed by atoms with van der Waals surface area (Å²) in [5, 5.41) is 8.05. The minimum absolute atomic E-state index is 0.495. The van der Waals surface area contributed by atoms with E-state index in [9.17, 15) is 0 Å². The van der Waals surface area contributed by atoms with Crippen molar-refractivity contribution in [2.24, 2.45) is 0 Å². The standard InChI is InChI=1S/C17H30N4/c1-3-10-18-16(12-15-8-6-5-7-9-15)13-17-19-14-20-21(17)11-4-2/h8,14,16,18H,3-7,9-13H2,1-2H3. The Balaban J connectivity index is 1.97. The first-order valence-electron chi connectivity index (χ1n) is 8.61. The lowest BCUT2D eigenvalue weighted by Gasteiger charge is -2.22. The summed E-state index contributed by atoms with van der Waals surface area (Å²) in [6.45, 7) is 6.47. The Bertz CT molecular complexity index is 436. The molecule has 118 valence electrons. The van der Waals surface area contributed by atoms with Gasteiger partial charge in [-0.05, 0) is 51.5 Å². The van der Waals surface area contributed by atoms with Crippen LogP contribution in [0.15, 0.2) is 18.0 Å². The smallest absolute Gasteiger partial charge is 0.138 e. The van der Waals surface area contributed by atoms with Crippen molar-refractivity contribution >= 4 is 0 Å². The van der Waals surface area contributed by atoms with Crippen LogP contribution in [0.3, 0.4) is 0 Å². The zero-order valence-electron chi connectivity index (χ0n) is 13.6. The number of nitrogens with zero attached hydrogens (tertiary/aromatic N) is 3. The van der Waals surface area contributed by atoms with Gasteiger partial charge in [0, 0.05) is 19.0 Å². The van der Waals surface area contributed by atoms with Crippen LogP contribution in [0.5, 0.6) is 0 Å². The molecule has 0 saturated heterocycles. The molecule has 0 radical (unpaired) electrons. The van der Waals surface area contributed by atoms with Gasteiger partial charge in [0.1, 0.15) is 12.2 Å². The third-order valence-corrected chi connectivity index (χ3v) is 4.14. The van der Waals surface area contributed by atoms with E-state index in [0.29, 0.717) is 6.04 Å². The Morgan fingerprint density at radius 1 is 1.24 bits per heavy atom. The predicted molar refractivity (Wildman–Crippen MR) is 87.3 cm³/mol. The van der Waals surface area contributed by atoms with Gasteiger partial charge in [0.05, 0.1) is 0 Å². The molecule has 1 N–H and O–H groups in total. The molecule has 0 fully saturated rings. The van der Waals surface area contributed by atoms with Crippen molar-refractivity contribution in [2.75, 3.05) is 6.54 Å². The largest absolute Gasteiger partial charge is 0.313 e. The van der Waals surface area contributed by atoms with Crippen molar-refractivity contribution in [1.29, 1.82) is 0 Å². The minimum atomic E-state index is 0.495. The fourth-order valence-electron chi connectivity index (χ4n) is 3.04. The van der Waals surface area contributed by atoms with Crippen molar-refractivity contribution in [3.8, 4) is 0 Å². The lowest BCUT2D eigenvalue weighted by Crippen LogP contribution is -2.33. The Hall–Kier alpha value is -1.16. The number of aromatic nitrogens is 3. The SMILES string of the molecule is CCCNC(CC1=CCCCC1)Cc1ncnn1CCC. The van der Waals surface area contributed by atoms with Gasteiger partial charge in [0.25, 0.3) is 0 Å². The summed E-state index contributed by atoms with van der Waals surface area (Å²) in [6.07, 6.45) is 13.9. The molecule has 0 saturated carbocycles. The number of allylic oxidation sites excluding steroid dienone is 1. The zero-order chi connectivity index (χ0) is 14.9. The molecule has 1 aromatic rings. The van der Waals surface area contributed by atoms with Crippen molar-refractivity contribution in [3.05, 3.63) is 23.8 Å². The predicted octanol–water partition coefficient (Wildman–Crippen LogP) is 3.49. The quantitative estimate of drug-likeness (QED) is 0.708. The molecule has 1 aromatic heterocycles. The Kier molecular flexibility index (Phi) is 6.93. The number of hydrogen-bond donors (Lipinski definition) is 1. The minimum Gasteiger partial charge on any atom is -0.313 e. The average Bonchev–Trinajstić information content (AvgIpc) is 2.93. The first-order valence-corrected chi connectivity index (χ1v) is 8.61. The van der Waals surface area contributed by atoms with Gasteiger partial charge in [-0.25, -0.2) is 4.98 Å². The summed E-state index contributed by atoms with van der Waals surface area (Å²) in [6, 6.07) is 0.495. The van der Waals surface area contributed by atoms with E-state index in [1.807, 2.05) is 0 Å². The van der Waals surface area contributed by atoms with E-state index in [2.05, 4.69) is 40.0 Å². The average molecular weight is 290 g/mol. The van der Waals surface area contributed by atoms with Crippen LogP contribution in [-0.2, 0) is 13.0 Å². The zero-order valence-corrected chi connectivity index (χ0v) is 13.6. The highest BCUT2D eigenvalue weighted by atomic mass is 15.3. The summed E-state index contributed by atoms with van der Waals surface area (Å²) in [5.41, 5.74) is 1.64. The van der Waals surface area contributed by atoms with Gasteiger partial charge in [-0.3, -0.25) is 4.68 Å². The number of aryl methyl sites for hydroxylation is 1. The summed E-state index contributed by atoms with van der Waals surface area (Å²) in [7, 11) is 0. The van der Waals surface area contributed by atoms with Crippen LogP contribution in [0, 0.1) is 0 Å². The van der Waals surface area contributed by atoms with E-state index in [0.717, 1.165) is 31.8 Å². The molecule has 21 heavy (non-hydrogen) atoms. The number of hydrogen-bond acceptors (Lipinski definition) is 3. The van der Waals surface area contributed by atoms with E-state index >= 15 is 0 Å². The molecule has 0 aromatic carbocycles. The van der Waals surface area contributed by atoms with Crippen LogP contribution >= 0.6 is 0 Å². The molecule has 1 atom stereocenters. The molecule has 0 bridgehead atoms. The molecule has 2 rings (SSSR count). The maximum atomic E-state index is 4.47. The highest BCUT2D eigenvalue weighted by Crippen LogP contribution is 2.22. The lowest BCUT2D eigenvalue weighted by molar-refractivity contribution is 0.462. The van der Waals surface area contributed by atoms with Gasteiger partial charge in [-0.2, -0.15) is 5.10 Å². The third-order valence-electron chi connectivity index (χ3n) is 4.14. The van der Waals surface area contributed by atoms with Crippen molar-refractivity contribution in [2.45, 2.75) is 77.8 Å². The summed E-state index contributed by atoms with van der Waals surface area (Å²) >= 11 is 0. The fourth-order valence-corrected chi connectivity index (χ4v) is 3.04. The van der Waals surface area contributed by atoms with Crippen LogP contribution < -0.4 is 5.32 Å². The van der Waals surface area contributed by atoms with Gasteiger partial charge in [0.2, 0.25) is 0 Å². The molecule has 1 unspecified atom stereocenters. The molecular formula is C17H30N4. The van der Waals surface area contributed by atoms with Gasteiger partial charge >= 0.3 is 0 Å². The van der Waals surface area contributed by atoms with Gasteiger partial charge in [-0.1, -0.05) is 25.5 Å². The lowest BCUT2D eigenvalue weighted by atomic mass is 9.93. The highest BCUT2D eigenvalue weighted by Gasteiger charge is 2.16. The first-order chi connectivity index (χ1) is 10.3. The Morgan fingerprint density at radius 3 is 2.86 bits per heavy atom. The van der Waals surface area contributed by atoms with Crippen LogP contribution in [-0.4, -0.2) is 27.4 Å².